The number of carbonyl (C=O) groups excluding carboxylic acids is 2. The van der Waals surface area contributed by atoms with Gasteiger partial charge in [0.15, 0.2) is 6.29 Å². The number of nitrogens with one attached hydrogen (secondary N) is 1. The summed E-state index contributed by atoms with van der Waals surface area (Å²) in [4.78, 5) is 25.1. The Morgan fingerprint density at radius 3 is 1.15 bits per heavy atom. The quantitative estimate of drug-likeness (QED) is 0.0195. The number of aliphatic hydroxyl groups is 5. The Balaban J connectivity index is 1.92. The Kier molecular flexibility index (Phi) is 63.2. The predicted molar refractivity (Wildman–Crippen MR) is 371 cm³/mol. The molecule has 0 aliphatic carbocycles. The maximum Gasteiger partial charge on any atom is 0.305 e. The zero-order valence-electron chi connectivity index (χ0n) is 57.7. The predicted octanol–water partition coefficient (Wildman–Crippen LogP) is 20.1. The van der Waals surface area contributed by atoms with Crippen molar-refractivity contribution in [2.45, 2.75) is 423 Å². The van der Waals surface area contributed by atoms with Gasteiger partial charge >= 0.3 is 5.97 Å². The number of esters is 1. The summed E-state index contributed by atoms with van der Waals surface area (Å²) in [5.74, 6) is -0.165. The summed E-state index contributed by atoms with van der Waals surface area (Å²) in [6.07, 6.45) is 75.9. The molecule has 0 radical (unpaired) electrons. The van der Waals surface area contributed by atoms with Gasteiger partial charge in [0.05, 0.1) is 32.0 Å². The first-order valence-corrected chi connectivity index (χ1v) is 38.3. The Labute approximate surface area is 543 Å². The lowest BCUT2D eigenvalue weighted by Crippen LogP contribution is -2.60. The first-order chi connectivity index (χ1) is 43.2. The summed E-state index contributed by atoms with van der Waals surface area (Å²) >= 11 is 0. The molecule has 1 aliphatic heterocycles. The molecule has 0 saturated carbocycles. The smallest absolute Gasteiger partial charge is 0.305 e. The maximum atomic E-state index is 13.1. The lowest BCUT2D eigenvalue weighted by atomic mass is 9.99. The van der Waals surface area contributed by atoms with Crippen LogP contribution in [0, 0.1) is 0 Å². The van der Waals surface area contributed by atoms with Gasteiger partial charge in [0.1, 0.15) is 24.4 Å². The highest BCUT2D eigenvalue weighted by atomic mass is 16.7. The third-order valence-corrected chi connectivity index (χ3v) is 18.2. The van der Waals surface area contributed by atoms with E-state index in [2.05, 4.69) is 43.5 Å². The molecule has 1 amide bonds. The first-order valence-electron chi connectivity index (χ1n) is 38.3. The summed E-state index contributed by atoms with van der Waals surface area (Å²) < 4.78 is 16.7. The molecular formula is C77H145NO10. The van der Waals surface area contributed by atoms with Crippen LogP contribution in [0.2, 0.25) is 0 Å². The number of carbonyl (C=O) groups is 2. The second kappa shape index (κ2) is 66.3. The SMILES string of the molecule is CCCCCCCCCCCC/C=C/C(O)C(COC1OC(CO)C(O)C(O)C1O)NC(=O)CCCCCCCCCCCCCCCCCCC/C=C\C/C=C\CCCCCCCCCCCCCCCOC(=O)CCCCCCCCCCCCC. The van der Waals surface area contributed by atoms with Crippen molar-refractivity contribution < 1.29 is 49.3 Å². The Morgan fingerprint density at radius 1 is 0.420 bits per heavy atom. The van der Waals surface area contributed by atoms with Crippen LogP contribution in [0.4, 0.5) is 0 Å². The van der Waals surface area contributed by atoms with E-state index in [-0.39, 0.29) is 18.5 Å². The molecule has 88 heavy (non-hydrogen) atoms. The molecule has 1 rings (SSSR count). The fraction of sp³-hybridized carbons (Fsp3) is 0.896. The summed E-state index contributed by atoms with van der Waals surface area (Å²) in [5, 5.41) is 54.5. The van der Waals surface area contributed by atoms with Crippen LogP contribution in [0.3, 0.4) is 0 Å². The highest BCUT2D eigenvalue weighted by Gasteiger charge is 2.44. The van der Waals surface area contributed by atoms with Gasteiger partial charge in [-0.15, -0.1) is 0 Å². The Bertz CT molecular complexity index is 1560. The van der Waals surface area contributed by atoms with E-state index in [0.29, 0.717) is 19.4 Å². The Morgan fingerprint density at radius 2 is 0.761 bits per heavy atom. The van der Waals surface area contributed by atoms with Gasteiger partial charge in [-0.2, -0.15) is 0 Å². The average molecular weight is 1250 g/mol. The zero-order valence-corrected chi connectivity index (χ0v) is 57.7. The molecule has 0 bridgehead atoms. The minimum absolute atomic E-state index is 0.0127. The lowest BCUT2D eigenvalue weighted by Gasteiger charge is -2.40. The van der Waals surface area contributed by atoms with Crippen LogP contribution < -0.4 is 5.32 Å². The number of amides is 1. The third-order valence-electron chi connectivity index (χ3n) is 18.2. The van der Waals surface area contributed by atoms with Gasteiger partial charge in [0.25, 0.3) is 0 Å². The first kappa shape index (κ1) is 83.9. The van der Waals surface area contributed by atoms with E-state index in [0.717, 1.165) is 57.8 Å². The van der Waals surface area contributed by atoms with Crippen molar-refractivity contribution in [1.29, 1.82) is 0 Å². The topological polar surface area (TPSA) is 175 Å². The van der Waals surface area contributed by atoms with Crippen molar-refractivity contribution in [2.75, 3.05) is 19.8 Å². The number of aliphatic hydroxyl groups excluding tert-OH is 5. The molecule has 1 saturated heterocycles. The van der Waals surface area contributed by atoms with Crippen molar-refractivity contribution in [3.63, 3.8) is 0 Å². The number of unbranched alkanes of at least 4 members (excludes halogenated alkanes) is 50. The highest BCUT2D eigenvalue weighted by Crippen LogP contribution is 2.24. The minimum Gasteiger partial charge on any atom is -0.466 e. The average Bonchev–Trinajstić information content (AvgIpc) is 3.64. The van der Waals surface area contributed by atoms with Gasteiger partial charge in [-0.1, -0.05) is 339 Å². The molecule has 1 fully saturated rings. The fourth-order valence-corrected chi connectivity index (χ4v) is 12.2. The molecule has 7 unspecified atom stereocenters. The molecule has 7 atom stereocenters. The molecule has 1 heterocycles. The lowest BCUT2D eigenvalue weighted by molar-refractivity contribution is -0.302. The summed E-state index contributed by atoms with van der Waals surface area (Å²) in [7, 11) is 0. The van der Waals surface area contributed by atoms with Crippen molar-refractivity contribution in [3.05, 3.63) is 36.5 Å². The molecule has 0 aromatic carbocycles. The number of hydrogen-bond acceptors (Lipinski definition) is 10. The van der Waals surface area contributed by atoms with Crippen molar-refractivity contribution in [2.24, 2.45) is 0 Å². The van der Waals surface area contributed by atoms with Crippen LogP contribution in [0.15, 0.2) is 36.5 Å². The normalized spacial score (nSPS) is 17.9. The van der Waals surface area contributed by atoms with Gasteiger partial charge < -0.3 is 45.1 Å². The van der Waals surface area contributed by atoms with E-state index in [1.54, 1.807) is 6.08 Å². The standard InChI is InChI=1S/C77H145NO10/c1-3-5-7-9-11-13-15-44-47-51-55-59-63-70(80)69(68-87-77-76(85)75(84)74(83)71(67-79)88-77)78-72(81)64-60-56-52-48-45-41-39-37-35-33-31-29-27-25-23-21-19-17-16-18-20-22-24-26-28-30-32-34-36-38-40-42-46-50-54-58-62-66-86-73(82)65-61-57-53-49-43-14-12-10-8-6-4-2/h16,18,22,24,59,63,69-71,74-77,79-80,83-85H,3-15,17,19-21,23,25-58,60-62,64-68H2,1-2H3,(H,78,81)/b18-16-,24-22-,63-59+. The van der Waals surface area contributed by atoms with E-state index in [9.17, 15) is 35.1 Å². The van der Waals surface area contributed by atoms with Crippen LogP contribution in [-0.4, -0.2) is 100 Å². The van der Waals surface area contributed by atoms with Crippen molar-refractivity contribution >= 4 is 11.9 Å². The molecule has 1 aliphatic rings. The van der Waals surface area contributed by atoms with Crippen LogP contribution >= 0.6 is 0 Å². The van der Waals surface area contributed by atoms with Gasteiger partial charge in [-0.05, 0) is 64.2 Å². The van der Waals surface area contributed by atoms with E-state index < -0.39 is 49.5 Å². The summed E-state index contributed by atoms with van der Waals surface area (Å²) in [5.41, 5.74) is 0. The third kappa shape index (κ3) is 54.4. The summed E-state index contributed by atoms with van der Waals surface area (Å²) in [6.45, 7) is 4.38. The number of hydrogen-bond donors (Lipinski definition) is 6. The number of rotatable bonds is 68. The number of ether oxygens (including phenoxy) is 3. The minimum atomic E-state index is -1.57. The largest absolute Gasteiger partial charge is 0.466 e. The second-order valence-corrected chi connectivity index (χ2v) is 26.7. The monoisotopic (exact) mass is 1240 g/mol. The fourth-order valence-electron chi connectivity index (χ4n) is 12.2. The molecular weight excluding hydrogens is 1100 g/mol. The molecule has 518 valence electrons. The summed E-state index contributed by atoms with van der Waals surface area (Å²) in [6, 6.07) is -0.807. The van der Waals surface area contributed by atoms with E-state index in [1.165, 1.54) is 295 Å². The van der Waals surface area contributed by atoms with Crippen LogP contribution in [0.5, 0.6) is 0 Å². The molecule has 0 aromatic rings. The van der Waals surface area contributed by atoms with Crippen molar-refractivity contribution in [3.8, 4) is 0 Å². The van der Waals surface area contributed by atoms with Gasteiger partial charge in [0.2, 0.25) is 5.91 Å². The van der Waals surface area contributed by atoms with E-state index in [1.807, 2.05) is 6.08 Å². The molecule has 0 spiro atoms. The van der Waals surface area contributed by atoms with Gasteiger partial charge in [-0.25, -0.2) is 0 Å². The second-order valence-electron chi connectivity index (χ2n) is 26.7. The van der Waals surface area contributed by atoms with Crippen molar-refractivity contribution in [1.82, 2.24) is 5.32 Å². The molecule has 6 N–H and O–H groups in total. The van der Waals surface area contributed by atoms with Crippen LogP contribution in [0.1, 0.15) is 380 Å². The molecule has 0 aromatic heterocycles. The highest BCUT2D eigenvalue weighted by molar-refractivity contribution is 5.76. The number of allylic oxidation sites excluding steroid dienone is 5. The molecule has 11 heteroatoms. The van der Waals surface area contributed by atoms with Gasteiger partial charge in [0, 0.05) is 12.8 Å². The van der Waals surface area contributed by atoms with Gasteiger partial charge in [-0.3, -0.25) is 9.59 Å². The Hall–Kier alpha value is -2.12. The zero-order chi connectivity index (χ0) is 63.7. The van der Waals surface area contributed by atoms with Crippen LogP contribution in [-0.2, 0) is 23.8 Å². The molecule has 11 nitrogen and oxygen atoms in total. The maximum absolute atomic E-state index is 13.1. The van der Waals surface area contributed by atoms with E-state index >= 15 is 0 Å². The van der Waals surface area contributed by atoms with Crippen LogP contribution in [0.25, 0.3) is 0 Å². The van der Waals surface area contributed by atoms with E-state index in [4.69, 9.17) is 14.2 Å².